The van der Waals surface area contributed by atoms with Crippen molar-refractivity contribution in [2.24, 2.45) is 5.92 Å². The van der Waals surface area contributed by atoms with Crippen LogP contribution >= 0.6 is 15.9 Å². The average molecular weight is 445 g/mol. The molecular weight excluding hydrogens is 420 g/mol. The second-order valence-electron chi connectivity index (χ2n) is 7.84. The van der Waals surface area contributed by atoms with E-state index in [1.807, 2.05) is 27.7 Å². The zero-order chi connectivity index (χ0) is 19.3. The topological polar surface area (TPSA) is 66.9 Å². The highest BCUT2D eigenvalue weighted by atomic mass is 79.9. The molecule has 26 heavy (non-hydrogen) atoms. The van der Waals surface area contributed by atoms with Gasteiger partial charge in [0.1, 0.15) is 5.60 Å². The second-order valence-corrected chi connectivity index (χ2v) is 10.6. The van der Waals surface area contributed by atoms with Crippen molar-refractivity contribution < 1.29 is 17.9 Å². The molecule has 0 N–H and O–H groups in total. The number of sulfonamides is 1. The van der Waals surface area contributed by atoms with Crippen LogP contribution in [0.25, 0.3) is 0 Å². The number of fused-ring (bicyclic) bond motifs is 1. The molecule has 1 aromatic rings. The molecule has 2 saturated heterocycles. The van der Waals surface area contributed by atoms with E-state index in [1.54, 1.807) is 33.5 Å². The average Bonchev–Trinajstić information content (AvgIpc) is 2.78. The molecular formula is C18H25BrN2O4S. The van der Waals surface area contributed by atoms with E-state index in [9.17, 15) is 13.2 Å². The number of ether oxygens (including phenoxy) is 1. The Bertz CT molecular complexity index is 806. The Morgan fingerprint density at radius 3 is 2.50 bits per heavy atom. The number of rotatable bonds is 3. The Kier molecular flexibility index (Phi) is 5.13. The maximum absolute atomic E-state index is 13.2. The van der Waals surface area contributed by atoms with Crippen molar-refractivity contribution in [2.75, 3.05) is 13.1 Å². The van der Waals surface area contributed by atoms with Crippen LogP contribution in [0.4, 0.5) is 4.79 Å². The maximum Gasteiger partial charge on any atom is 0.410 e. The number of likely N-dealkylation sites (tertiary alicyclic amines) is 1. The molecule has 1 amide bonds. The van der Waals surface area contributed by atoms with Crippen molar-refractivity contribution >= 4 is 32.0 Å². The lowest BCUT2D eigenvalue weighted by molar-refractivity contribution is -0.0209. The number of amides is 1. The van der Waals surface area contributed by atoms with Gasteiger partial charge in [0.2, 0.25) is 10.0 Å². The third-order valence-corrected chi connectivity index (χ3v) is 7.91. The monoisotopic (exact) mass is 444 g/mol. The minimum Gasteiger partial charge on any atom is -0.444 e. The SMILES string of the molecule is CCC1C2CN(C(=O)OC(C)(C)C)C2CN1S(=O)(=O)c1ccccc1Br. The largest absolute Gasteiger partial charge is 0.444 e. The van der Waals surface area contributed by atoms with Crippen molar-refractivity contribution in [3.8, 4) is 0 Å². The second kappa shape index (κ2) is 6.80. The van der Waals surface area contributed by atoms with Crippen molar-refractivity contribution in [1.29, 1.82) is 0 Å². The zero-order valence-electron chi connectivity index (χ0n) is 15.5. The molecule has 3 unspecified atom stereocenters. The van der Waals surface area contributed by atoms with Crippen molar-refractivity contribution in [3.05, 3.63) is 28.7 Å². The Hall–Kier alpha value is -1.12. The van der Waals surface area contributed by atoms with E-state index in [-0.39, 0.29) is 29.0 Å². The van der Waals surface area contributed by atoms with E-state index in [1.165, 1.54) is 0 Å². The first kappa shape index (κ1) is 19.6. The van der Waals surface area contributed by atoms with Gasteiger partial charge in [-0.2, -0.15) is 4.31 Å². The number of hydrogen-bond donors (Lipinski definition) is 0. The highest BCUT2D eigenvalue weighted by Gasteiger charge is 2.56. The predicted octanol–water partition coefficient (Wildman–Crippen LogP) is 3.47. The lowest BCUT2D eigenvalue weighted by Gasteiger charge is -2.45. The summed E-state index contributed by atoms with van der Waals surface area (Å²) in [7, 11) is -3.63. The summed E-state index contributed by atoms with van der Waals surface area (Å²) >= 11 is 3.34. The van der Waals surface area contributed by atoms with E-state index >= 15 is 0 Å². The fourth-order valence-electron chi connectivity index (χ4n) is 3.82. The molecule has 3 rings (SSSR count). The first-order chi connectivity index (χ1) is 12.1. The van der Waals surface area contributed by atoms with Gasteiger partial charge in [-0.1, -0.05) is 19.1 Å². The predicted molar refractivity (Wildman–Crippen MR) is 102 cm³/mol. The summed E-state index contributed by atoms with van der Waals surface area (Å²) in [6, 6.07) is 6.63. The third kappa shape index (κ3) is 3.39. The quantitative estimate of drug-likeness (QED) is 0.715. The van der Waals surface area contributed by atoms with Crippen molar-refractivity contribution in [2.45, 2.75) is 56.7 Å². The molecule has 2 aliphatic rings. The van der Waals surface area contributed by atoms with Gasteiger partial charge in [0.25, 0.3) is 0 Å². The number of carbonyl (C=O) groups excluding carboxylic acids is 1. The van der Waals surface area contributed by atoms with Crippen LogP contribution in [0.5, 0.6) is 0 Å². The number of nitrogens with zero attached hydrogens (tertiary/aromatic N) is 2. The van der Waals surface area contributed by atoms with Gasteiger partial charge in [0.05, 0.1) is 10.9 Å². The Balaban J connectivity index is 1.83. The number of halogens is 1. The van der Waals surface area contributed by atoms with E-state index in [0.717, 1.165) is 0 Å². The van der Waals surface area contributed by atoms with Crippen LogP contribution in [0.3, 0.4) is 0 Å². The Labute approximate surface area is 163 Å². The fourth-order valence-corrected chi connectivity index (χ4v) is 6.54. The lowest BCUT2D eigenvalue weighted by atomic mass is 9.86. The van der Waals surface area contributed by atoms with Crippen LogP contribution in [0, 0.1) is 5.92 Å². The van der Waals surface area contributed by atoms with Crippen LogP contribution in [0.15, 0.2) is 33.6 Å². The number of hydrogen-bond acceptors (Lipinski definition) is 4. The van der Waals surface area contributed by atoms with Gasteiger partial charge in [-0.3, -0.25) is 0 Å². The van der Waals surface area contributed by atoms with E-state index in [4.69, 9.17) is 4.74 Å². The van der Waals surface area contributed by atoms with Gasteiger partial charge in [-0.25, -0.2) is 13.2 Å². The van der Waals surface area contributed by atoms with Crippen LogP contribution in [-0.4, -0.2) is 54.5 Å². The summed E-state index contributed by atoms with van der Waals surface area (Å²) in [5.74, 6) is 0.157. The summed E-state index contributed by atoms with van der Waals surface area (Å²) in [6.45, 7) is 8.33. The Morgan fingerprint density at radius 1 is 1.27 bits per heavy atom. The Morgan fingerprint density at radius 2 is 1.92 bits per heavy atom. The molecule has 3 atom stereocenters. The first-order valence-corrected chi connectivity index (χ1v) is 11.1. The molecule has 0 aliphatic carbocycles. The normalized spacial score (nSPS) is 26.3. The molecule has 0 spiro atoms. The molecule has 2 heterocycles. The van der Waals surface area contributed by atoms with Gasteiger partial charge in [0, 0.05) is 29.5 Å². The molecule has 1 aromatic carbocycles. The van der Waals surface area contributed by atoms with Gasteiger partial charge >= 0.3 is 6.09 Å². The minimum atomic E-state index is -3.63. The lowest BCUT2D eigenvalue weighted by Crippen LogP contribution is -2.60. The van der Waals surface area contributed by atoms with Gasteiger partial charge in [-0.15, -0.1) is 0 Å². The van der Waals surface area contributed by atoms with E-state index in [0.29, 0.717) is 24.0 Å². The molecule has 0 aromatic heterocycles. The highest BCUT2D eigenvalue weighted by molar-refractivity contribution is 9.10. The van der Waals surface area contributed by atoms with E-state index in [2.05, 4.69) is 15.9 Å². The smallest absolute Gasteiger partial charge is 0.410 e. The van der Waals surface area contributed by atoms with Crippen LogP contribution < -0.4 is 0 Å². The molecule has 2 aliphatic heterocycles. The maximum atomic E-state index is 13.2. The van der Waals surface area contributed by atoms with E-state index < -0.39 is 15.6 Å². The van der Waals surface area contributed by atoms with Crippen LogP contribution in [0.1, 0.15) is 34.1 Å². The summed E-state index contributed by atoms with van der Waals surface area (Å²) in [4.78, 5) is 14.3. The molecule has 8 heteroatoms. The summed E-state index contributed by atoms with van der Waals surface area (Å²) < 4.78 is 34.0. The first-order valence-electron chi connectivity index (χ1n) is 8.82. The standard InChI is InChI=1S/C18H25BrN2O4S/c1-5-14-12-10-20(17(22)25-18(2,3)4)15(12)11-21(14)26(23,24)16-9-7-6-8-13(16)19/h6-9,12,14-15H,5,10-11H2,1-4H3. The molecule has 0 radical (unpaired) electrons. The van der Waals surface area contributed by atoms with Crippen LogP contribution in [-0.2, 0) is 14.8 Å². The van der Waals surface area contributed by atoms with Crippen molar-refractivity contribution in [1.82, 2.24) is 9.21 Å². The molecule has 144 valence electrons. The fraction of sp³-hybridized carbons (Fsp3) is 0.611. The third-order valence-electron chi connectivity index (χ3n) is 5.00. The number of carbonyl (C=O) groups is 1. The van der Waals surface area contributed by atoms with Gasteiger partial charge in [0.15, 0.2) is 0 Å². The molecule has 0 saturated carbocycles. The number of benzene rings is 1. The van der Waals surface area contributed by atoms with Gasteiger partial charge < -0.3 is 9.64 Å². The summed E-state index contributed by atoms with van der Waals surface area (Å²) in [5, 5.41) is 0. The molecule has 6 nitrogen and oxygen atoms in total. The van der Waals surface area contributed by atoms with Crippen molar-refractivity contribution in [3.63, 3.8) is 0 Å². The molecule has 0 bridgehead atoms. The summed E-state index contributed by atoms with van der Waals surface area (Å²) in [6.07, 6.45) is 0.348. The van der Waals surface area contributed by atoms with Gasteiger partial charge in [-0.05, 0) is 55.3 Å². The minimum absolute atomic E-state index is 0.101. The highest BCUT2D eigenvalue weighted by Crippen LogP contribution is 2.42. The summed E-state index contributed by atoms with van der Waals surface area (Å²) in [5.41, 5.74) is -0.564. The zero-order valence-corrected chi connectivity index (χ0v) is 17.9. The molecule has 2 fully saturated rings. The van der Waals surface area contributed by atoms with Crippen LogP contribution in [0.2, 0.25) is 0 Å².